The highest BCUT2D eigenvalue weighted by atomic mass is 16.7. The molecule has 5 nitrogen and oxygen atoms in total. The van der Waals surface area contributed by atoms with E-state index in [1.807, 2.05) is 36.4 Å². The van der Waals surface area contributed by atoms with Crippen molar-refractivity contribution >= 4 is 5.71 Å². The Balaban J connectivity index is 1.57. The van der Waals surface area contributed by atoms with E-state index in [0.717, 1.165) is 31.4 Å². The fraction of sp³-hybridized carbons (Fsp3) is 0.500. The summed E-state index contributed by atoms with van der Waals surface area (Å²) in [5.74, 6) is 0.128. The molecule has 31 heavy (non-hydrogen) atoms. The molecule has 2 saturated heterocycles. The molecule has 2 aliphatic heterocycles. The van der Waals surface area contributed by atoms with Gasteiger partial charge in [-0.15, -0.1) is 0 Å². The third kappa shape index (κ3) is 4.14. The molecule has 0 aromatic heterocycles. The fourth-order valence-corrected chi connectivity index (χ4v) is 5.08. The minimum Gasteiger partial charge on any atom is -0.359 e. The zero-order chi connectivity index (χ0) is 22.1. The minimum atomic E-state index is -1.07. The Labute approximate surface area is 185 Å². The molecular weight excluding hydrogens is 388 g/mol. The number of aliphatic hydroxyl groups excluding tert-OH is 1. The number of oxime groups is 1. The summed E-state index contributed by atoms with van der Waals surface area (Å²) in [4.78, 5) is 12.3. The predicted molar refractivity (Wildman–Crippen MR) is 122 cm³/mol. The second-order valence-corrected chi connectivity index (χ2v) is 9.39. The number of hydrogen-bond acceptors (Lipinski definition) is 5. The van der Waals surface area contributed by atoms with E-state index in [1.165, 1.54) is 5.56 Å². The molecule has 2 aromatic carbocycles. The van der Waals surface area contributed by atoms with Gasteiger partial charge >= 0.3 is 0 Å². The van der Waals surface area contributed by atoms with Crippen LogP contribution in [0, 0.1) is 5.92 Å². The van der Waals surface area contributed by atoms with Gasteiger partial charge in [-0.25, -0.2) is 0 Å². The van der Waals surface area contributed by atoms with Crippen LogP contribution < -0.4 is 0 Å². The van der Waals surface area contributed by atoms with Crippen LogP contribution >= 0.6 is 0 Å². The van der Waals surface area contributed by atoms with Crippen molar-refractivity contribution in [1.29, 1.82) is 0 Å². The molecule has 0 aliphatic carbocycles. The van der Waals surface area contributed by atoms with Gasteiger partial charge in [0.1, 0.15) is 6.10 Å². The molecule has 5 heteroatoms. The normalized spacial score (nSPS) is 33.6. The van der Waals surface area contributed by atoms with Crippen LogP contribution in [0.15, 0.2) is 65.8 Å². The average Bonchev–Trinajstić information content (AvgIpc) is 2.81. The van der Waals surface area contributed by atoms with Gasteiger partial charge in [0, 0.05) is 23.4 Å². The Morgan fingerprint density at radius 2 is 1.77 bits per heavy atom. The number of nitrogens with zero attached hydrogens (tertiary/aromatic N) is 2. The van der Waals surface area contributed by atoms with E-state index < -0.39 is 6.29 Å². The van der Waals surface area contributed by atoms with Crippen LogP contribution in [0.2, 0.25) is 0 Å². The summed E-state index contributed by atoms with van der Waals surface area (Å²) in [5.41, 5.74) is 2.53. The van der Waals surface area contributed by atoms with Gasteiger partial charge < -0.3 is 9.94 Å². The molecule has 166 valence electrons. The van der Waals surface area contributed by atoms with E-state index in [1.54, 1.807) is 0 Å². The maximum atomic E-state index is 10.4. The molecule has 5 atom stereocenters. The first-order valence-electron chi connectivity index (χ1n) is 11.3. The first-order valence-corrected chi connectivity index (χ1v) is 11.3. The molecule has 0 spiro atoms. The number of hydrogen-bond donors (Lipinski definition) is 1. The molecule has 2 aromatic rings. The van der Waals surface area contributed by atoms with Gasteiger partial charge in [-0.3, -0.25) is 4.84 Å². The fourth-order valence-electron chi connectivity index (χ4n) is 5.08. The van der Waals surface area contributed by atoms with Gasteiger partial charge in [0.25, 0.3) is 6.29 Å². The molecule has 1 N–H and O–H groups in total. The summed E-state index contributed by atoms with van der Waals surface area (Å²) in [6.45, 7) is 8.91. The third-order valence-electron chi connectivity index (χ3n) is 7.37. The first-order chi connectivity index (χ1) is 14.9. The smallest absolute Gasteiger partial charge is 0.250 e. The van der Waals surface area contributed by atoms with Crippen LogP contribution in [0.25, 0.3) is 0 Å². The van der Waals surface area contributed by atoms with Gasteiger partial charge in [-0.05, 0) is 38.7 Å². The van der Waals surface area contributed by atoms with Crippen molar-refractivity contribution in [1.82, 2.24) is 5.06 Å². The molecule has 0 radical (unpaired) electrons. The molecule has 0 saturated carbocycles. The number of fused-ring (bicyclic) bond motifs is 1. The summed E-state index contributed by atoms with van der Waals surface area (Å²) in [7, 11) is 0. The van der Waals surface area contributed by atoms with Crippen molar-refractivity contribution in [2.75, 3.05) is 0 Å². The van der Waals surface area contributed by atoms with E-state index in [4.69, 9.17) is 9.68 Å². The van der Waals surface area contributed by atoms with E-state index in [0.29, 0.717) is 5.56 Å². The largest absolute Gasteiger partial charge is 0.359 e. The van der Waals surface area contributed by atoms with Crippen LogP contribution in [-0.2, 0) is 9.68 Å². The van der Waals surface area contributed by atoms with Crippen LogP contribution in [-0.4, -0.2) is 27.0 Å². The summed E-state index contributed by atoms with van der Waals surface area (Å²) in [5, 5.41) is 17.2. The first kappa shape index (κ1) is 22.0. The number of benzene rings is 2. The highest BCUT2D eigenvalue weighted by Crippen LogP contribution is 2.50. The third-order valence-corrected chi connectivity index (χ3v) is 7.37. The lowest BCUT2D eigenvalue weighted by Crippen LogP contribution is -2.68. The van der Waals surface area contributed by atoms with Crippen molar-refractivity contribution in [2.45, 2.75) is 76.9 Å². The number of rotatable bonds is 5. The SMILES string of the molecule is CCC1(C)C(C)/C(=N\OC(O)c2ccccc2)CC2(C)CCC(c3ccccc3)ON21. The summed E-state index contributed by atoms with van der Waals surface area (Å²) >= 11 is 0. The monoisotopic (exact) mass is 422 g/mol. The molecule has 5 unspecified atom stereocenters. The van der Waals surface area contributed by atoms with Gasteiger partial charge in [-0.1, -0.05) is 79.7 Å². The maximum Gasteiger partial charge on any atom is 0.250 e. The van der Waals surface area contributed by atoms with Gasteiger partial charge in [0.2, 0.25) is 0 Å². The van der Waals surface area contributed by atoms with Crippen LogP contribution in [0.4, 0.5) is 0 Å². The van der Waals surface area contributed by atoms with E-state index in [-0.39, 0.29) is 23.1 Å². The minimum absolute atomic E-state index is 0.0713. The zero-order valence-corrected chi connectivity index (χ0v) is 19.0. The van der Waals surface area contributed by atoms with E-state index >= 15 is 0 Å². The van der Waals surface area contributed by atoms with Gasteiger partial charge in [0.15, 0.2) is 0 Å². The number of piperidine rings is 1. The maximum absolute atomic E-state index is 10.4. The Morgan fingerprint density at radius 1 is 1.13 bits per heavy atom. The van der Waals surface area contributed by atoms with Gasteiger partial charge in [-0.2, -0.15) is 5.06 Å². The van der Waals surface area contributed by atoms with Crippen molar-refractivity contribution in [3.63, 3.8) is 0 Å². The van der Waals surface area contributed by atoms with Crippen molar-refractivity contribution < 1.29 is 14.8 Å². The molecular formula is C26H34N2O3. The highest BCUT2D eigenvalue weighted by Gasteiger charge is 2.56. The van der Waals surface area contributed by atoms with E-state index in [2.05, 4.69) is 62.2 Å². The lowest BCUT2D eigenvalue weighted by atomic mass is 9.68. The summed E-state index contributed by atoms with van der Waals surface area (Å²) in [6, 6.07) is 19.9. The quantitative estimate of drug-likeness (QED) is 0.490. The van der Waals surface area contributed by atoms with Crippen molar-refractivity contribution in [3.05, 3.63) is 71.8 Å². The zero-order valence-electron chi connectivity index (χ0n) is 19.0. The lowest BCUT2D eigenvalue weighted by molar-refractivity contribution is -0.336. The van der Waals surface area contributed by atoms with Crippen LogP contribution in [0.5, 0.6) is 0 Å². The van der Waals surface area contributed by atoms with Gasteiger partial charge in [0.05, 0.1) is 11.3 Å². The molecule has 2 heterocycles. The van der Waals surface area contributed by atoms with Crippen molar-refractivity contribution in [2.24, 2.45) is 11.1 Å². The molecule has 2 aliphatic rings. The second kappa shape index (κ2) is 8.73. The van der Waals surface area contributed by atoms with Crippen LogP contribution in [0.3, 0.4) is 0 Å². The Bertz CT molecular complexity index is 903. The topological polar surface area (TPSA) is 54.3 Å². The lowest BCUT2D eigenvalue weighted by Gasteiger charge is -2.60. The predicted octanol–water partition coefficient (Wildman–Crippen LogP) is 5.79. The van der Waals surface area contributed by atoms with Crippen molar-refractivity contribution in [3.8, 4) is 0 Å². The van der Waals surface area contributed by atoms with Crippen LogP contribution in [0.1, 0.15) is 76.9 Å². The Kier molecular flexibility index (Phi) is 6.20. The summed E-state index contributed by atoms with van der Waals surface area (Å²) in [6.07, 6.45) is 2.66. The highest BCUT2D eigenvalue weighted by molar-refractivity contribution is 5.89. The molecule has 0 bridgehead atoms. The molecule has 0 amide bonds. The molecule has 4 rings (SSSR count). The Morgan fingerprint density at radius 3 is 2.42 bits per heavy atom. The van der Waals surface area contributed by atoms with E-state index in [9.17, 15) is 5.11 Å². The summed E-state index contributed by atoms with van der Waals surface area (Å²) < 4.78 is 0. The Hall–Kier alpha value is -2.21. The standard InChI is InChI=1S/C26H34N2O3/c1-5-26(4)19(2)22(27-30-24(29)21-14-10-7-11-15-21)18-25(3)17-16-23(31-28(25)26)20-12-8-6-9-13-20/h6-15,19,23-24,29H,5,16-18H2,1-4H3/b27-22-. The average molecular weight is 423 g/mol. The molecule has 2 fully saturated rings. The number of aliphatic hydroxyl groups is 1. The number of hydroxylamine groups is 2. The second-order valence-electron chi connectivity index (χ2n) is 9.39.